The van der Waals surface area contributed by atoms with E-state index in [2.05, 4.69) is 17.1 Å². The quantitative estimate of drug-likeness (QED) is 0.782. The van der Waals surface area contributed by atoms with Crippen LogP contribution in [-0.4, -0.2) is 22.7 Å². The molecule has 3 rings (SSSR count). The molecule has 1 heterocycles. The van der Waals surface area contributed by atoms with Crippen LogP contribution < -0.4 is 0 Å². The smallest absolute Gasteiger partial charge is 0.321 e. The van der Waals surface area contributed by atoms with Crippen molar-refractivity contribution in [3.05, 3.63) is 11.7 Å². The Bertz CT molecular complexity index is 485. The number of nitrogens with zero attached hydrogens (tertiary/aromatic N) is 2. The summed E-state index contributed by atoms with van der Waals surface area (Å²) in [6, 6.07) is 0. The Morgan fingerprint density at radius 3 is 2.58 bits per heavy atom. The minimum atomic E-state index is -0.688. The summed E-state index contributed by atoms with van der Waals surface area (Å²) in [5.74, 6) is 1.01. The van der Waals surface area contributed by atoms with Crippen LogP contribution in [-0.2, 0) is 20.4 Å². The van der Waals surface area contributed by atoms with Crippen LogP contribution >= 0.6 is 0 Å². The predicted molar refractivity (Wildman–Crippen MR) is 67.7 cm³/mol. The third-order valence-corrected chi connectivity index (χ3v) is 4.50. The van der Waals surface area contributed by atoms with Gasteiger partial charge in [0.25, 0.3) is 0 Å². The summed E-state index contributed by atoms with van der Waals surface area (Å²) >= 11 is 0. The Labute approximate surface area is 112 Å². The van der Waals surface area contributed by atoms with Crippen LogP contribution in [0.5, 0.6) is 0 Å². The molecule has 5 nitrogen and oxygen atoms in total. The molecule has 2 saturated carbocycles. The second kappa shape index (κ2) is 4.32. The minimum absolute atomic E-state index is 0.0657. The number of carbonyl (C=O) groups excluding carboxylic acids is 1. The standard InChI is InChI=1S/C14H20N2O3/c1-3-18-12(17)14(6-4-5-7-14)11-15-10(16-19-11)13(2)8-9-13/h3-9H2,1-2H3. The zero-order chi connectivity index (χ0) is 13.5. The summed E-state index contributed by atoms with van der Waals surface area (Å²) in [6.45, 7) is 4.34. The number of ether oxygens (including phenoxy) is 1. The van der Waals surface area contributed by atoms with Gasteiger partial charge in [-0.2, -0.15) is 4.98 Å². The Morgan fingerprint density at radius 2 is 2.00 bits per heavy atom. The summed E-state index contributed by atoms with van der Waals surface area (Å²) in [4.78, 5) is 16.8. The van der Waals surface area contributed by atoms with Crippen LogP contribution in [0.15, 0.2) is 4.52 Å². The van der Waals surface area contributed by atoms with Gasteiger partial charge in [-0.3, -0.25) is 4.79 Å². The molecule has 2 aliphatic rings. The van der Waals surface area contributed by atoms with Gasteiger partial charge in [-0.15, -0.1) is 0 Å². The number of hydrogen-bond acceptors (Lipinski definition) is 5. The van der Waals surface area contributed by atoms with E-state index in [-0.39, 0.29) is 11.4 Å². The number of carbonyl (C=O) groups is 1. The highest BCUT2D eigenvalue weighted by Crippen LogP contribution is 2.48. The van der Waals surface area contributed by atoms with Gasteiger partial charge in [-0.05, 0) is 32.6 Å². The summed E-state index contributed by atoms with van der Waals surface area (Å²) in [5, 5.41) is 4.09. The van der Waals surface area contributed by atoms with Crippen LogP contribution in [0.1, 0.15) is 64.1 Å². The van der Waals surface area contributed by atoms with Gasteiger partial charge < -0.3 is 9.26 Å². The van der Waals surface area contributed by atoms with E-state index in [1.54, 1.807) is 0 Å². The lowest BCUT2D eigenvalue weighted by molar-refractivity contribution is -0.151. The van der Waals surface area contributed by atoms with Gasteiger partial charge in [0.1, 0.15) is 5.41 Å². The second-order valence-corrected chi connectivity index (χ2v) is 5.99. The predicted octanol–water partition coefficient (Wildman–Crippen LogP) is 2.50. The number of aromatic nitrogens is 2. The van der Waals surface area contributed by atoms with Gasteiger partial charge in [-0.25, -0.2) is 0 Å². The molecule has 0 aromatic carbocycles. The maximum absolute atomic E-state index is 12.3. The van der Waals surface area contributed by atoms with Gasteiger partial charge >= 0.3 is 5.97 Å². The molecule has 104 valence electrons. The largest absolute Gasteiger partial charge is 0.465 e. The first-order chi connectivity index (χ1) is 9.11. The van der Waals surface area contributed by atoms with Crippen molar-refractivity contribution >= 4 is 5.97 Å². The highest BCUT2D eigenvalue weighted by atomic mass is 16.5. The molecule has 2 aliphatic carbocycles. The van der Waals surface area contributed by atoms with Gasteiger partial charge in [0.15, 0.2) is 5.82 Å². The van der Waals surface area contributed by atoms with E-state index < -0.39 is 5.41 Å². The molecule has 0 spiro atoms. The first kappa shape index (κ1) is 12.6. The van der Waals surface area contributed by atoms with Crippen molar-refractivity contribution in [1.82, 2.24) is 10.1 Å². The zero-order valence-electron chi connectivity index (χ0n) is 11.6. The summed E-state index contributed by atoms with van der Waals surface area (Å²) < 4.78 is 10.7. The van der Waals surface area contributed by atoms with Crippen LogP contribution in [0.3, 0.4) is 0 Å². The van der Waals surface area contributed by atoms with Crippen molar-refractivity contribution in [2.75, 3.05) is 6.61 Å². The summed E-state index contributed by atoms with van der Waals surface area (Å²) in [6.07, 6.45) is 5.71. The zero-order valence-corrected chi connectivity index (χ0v) is 11.6. The molecule has 0 bridgehead atoms. The third kappa shape index (κ3) is 1.95. The van der Waals surface area contributed by atoms with Crippen molar-refractivity contribution in [2.45, 2.75) is 63.2 Å². The number of esters is 1. The number of rotatable bonds is 4. The van der Waals surface area contributed by atoms with E-state index in [4.69, 9.17) is 9.26 Å². The molecule has 2 fully saturated rings. The summed E-state index contributed by atoms with van der Waals surface area (Å²) in [5.41, 5.74) is -0.622. The molecule has 0 aliphatic heterocycles. The average molecular weight is 264 g/mol. The lowest BCUT2D eigenvalue weighted by Crippen LogP contribution is -2.35. The van der Waals surface area contributed by atoms with Crippen LogP contribution in [0.25, 0.3) is 0 Å². The molecule has 0 unspecified atom stereocenters. The van der Waals surface area contributed by atoms with Crippen molar-refractivity contribution in [2.24, 2.45) is 0 Å². The molecule has 0 saturated heterocycles. The minimum Gasteiger partial charge on any atom is -0.465 e. The Hall–Kier alpha value is -1.39. The average Bonchev–Trinajstić information content (AvgIpc) is 2.91. The van der Waals surface area contributed by atoms with Gasteiger partial charge in [-0.1, -0.05) is 24.9 Å². The number of hydrogen-bond donors (Lipinski definition) is 0. The molecule has 19 heavy (non-hydrogen) atoms. The van der Waals surface area contributed by atoms with E-state index >= 15 is 0 Å². The normalized spacial score (nSPS) is 23.3. The molecular formula is C14H20N2O3. The van der Waals surface area contributed by atoms with Crippen LogP contribution in [0.2, 0.25) is 0 Å². The van der Waals surface area contributed by atoms with E-state index in [1.165, 1.54) is 0 Å². The van der Waals surface area contributed by atoms with Crippen molar-refractivity contribution < 1.29 is 14.1 Å². The molecule has 0 amide bonds. The Morgan fingerprint density at radius 1 is 1.32 bits per heavy atom. The molecule has 1 aromatic rings. The SMILES string of the molecule is CCOC(=O)C1(c2nc(C3(C)CC3)no2)CCCC1. The molecule has 0 atom stereocenters. The van der Waals surface area contributed by atoms with Gasteiger partial charge in [0.2, 0.25) is 5.89 Å². The monoisotopic (exact) mass is 264 g/mol. The van der Waals surface area contributed by atoms with Crippen LogP contribution in [0, 0.1) is 0 Å². The van der Waals surface area contributed by atoms with Crippen molar-refractivity contribution in [3.63, 3.8) is 0 Å². The molecule has 5 heteroatoms. The fourth-order valence-corrected chi connectivity index (χ4v) is 2.83. The molecule has 0 radical (unpaired) electrons. The third-order valence-electron chi connectivity index (χ3n) is 4.50. The topological polar surface area (TPSA) is 65.2 Å². The van der Waals surface area contributed by atoms with Crippen molar-refractivity contribution in [3.8, 4) is 0 Å². The lowest BCUT2D eigenvalue weighted by atomic mass is 9.86. The fourth-order valence-electron chi connectivity index (χ4n) is 2.83. The Balaban J connectivity index is 1.91. The lowest BCUT2D eigenvalue weighted by Gasteiger charge is -2.21. The Kier molecular flexibility index (Phi) is 2.87. The maximum Gasteiger partial charge on any atom is 0.321 e. The van der Waals surface area contributed by atoms with E-state index in [1.807, 2.05) is 6.92 Å². The first-order valence-corrected chi connectivity index (χ1v) is 7.13. The highest BCUT2D eigenvalue weighted by molar-refractivity contribution is 5.82. The van der Waals surface area contributed by atoms with E-state index in [0.717, 1.165) is 44.3 Å². The van der Waals surface area contributed by atoms with E-state index in [9.17, 15) is 4.79 Å². The molecule has 0 N–H and O–H groups in total. The van der Waals surface area contributed by atoms with Gasteiger partial charge in [0.05, 0.1) is 6.61 Å². The van der Waals surface area contributed by atoms with Crippen molar-refractivity contribution in [1.29, 1.82) is 0 Å². The first-order valence-electron chi connectivity index (χ1n) is 7.13. The maximum atomic E-state index is 12.3. The van der Waals surface area contributed by atoms with E-state index in [0.29, 0.717) is 12.5 Å². The van der Waals surface area contributed by atoms with Gasteiger partial charge in [0, 0.05) is 5.41 Å². The molecule has 1 aromatic heterocycles. The highest BCUT2D eigenvalue weighted by Gasteiger charge is 2.51. The fraction of sp³-hybridized carbons (Fsp3) is 0.786. The van der Waals surface area contributed by atoms with Crippen LogP contribution in [0.4, 0.5) is 0 Å². The second-order valence-electron chi connectivity index (χ2n) is 5.99. The molecular weight excluding hydrogens is 244 g/mol. The summed E-state index contributed by atoms with van der Waals surface area (Å²) in [7, 11) is 0.